The normalized spacial score (nSPS) is 11.8. The zero-order chi connectivity index (χ0) is 20.3. The van der Waals surface area contributed by atoms with Gasteiger partial charge in [0.15, 0.2) is 6.10 Å². The SMILES string of the molecule is Cc1[nH]c2ccccc2c1C(=O)[C@H](C)OC(=O)CNC(=O)c1ccccc1F. The summed E-state index contributed by atoms with van der Waals surface area (Å²) < 4.78 is 18.7. The second-order valence-electron chi connectivity index (χ2n) is 6.33. The second-order valence-corrected chi connectivity index (χ2v) is 6.33. The quantitative estimate of drug-likeness (QED) is 0.506. The number of para-hydroxylation sites is 1. The standard InChI is InChI=1S/C21H19FN2O4/c1-12-19(15-8-4-6-10-17(15)24-12)20(26)13(2)28-18(25)11-23-21(27)14-7-3-5-9-16(14)22/h3-10,13,24H,11H2,1-2H3,(H,23,27)/t13-/m0/s1. The maximum atomic E-state index is 13.6. The van der Waals surface area contributed by atoms with Crippen molar-refractivity contribution in [3.8, 4) is 0 Å². The third kappa shape index (κ3) is 3.93. The number of rotatable bonds is 6. The predicted octanol–water partition coefficient (Wildman–Crippen LogP) is 3.16. The summed E-state index contributed by atoms with van der Waals surface area (Å²) >= 11 is 0. The van der Waals surface area contributed by atoms with Crippen molar-refractivity contribution in [2.75, 3.05) is 6.54 Å². The van der Waals surface area contributed by atoms with Crippen LogP contribution in [0.2, 0.25) is 0 Å². The Morgan fingerprint density at radius 1 is 1.11 bits per heavy atom. The van der Waals surface area contributed by atoms with Crippen LogP contribution in [0.4, 0.5) is 4.39 Å². The molecule has 1 heterocycles. The summed E-state index contributed by atoms with van der Waals surface area (Å²) in [6.07, 6.45) is -1.03. The first-order valence-electron chi connectivity index (χ1n) is 8.72. The van der Waals surface area contributed by atoms with Crippen LogP contribution in [0.25, 0.3) is 10.9 Å². The number of aryl methyl sites for hydroxylation is 1. The Morgan fingerprint density at radius 2 is 1.79 bits per heavy atom. The van der Waals surface area contributed by atoms with E-state index in [0.29, 0.717) is 11.3 Å². The molecule has 0 spiro atoms. The van der Waals surface area contributed by atoms with E-state index >= 15 is 0 Å². The fourth-order valence-electron chi connectivity index (χ4n) is 2.98. The predicted molar refractivity (Wildman–Crippen MR) is 102 cm³/mol. The number of ether oxygens (including phenoxy) is 1. The van der Waals surface area contributed by atoms with Crippen molar-refractivity contribution < 1.29 is 23.5 Å². The maximum Gasteiger partial charge on any atom is 0.326 e. The van der Waals surface area contributed by atoms with E-state index in [2.05, 4.69) is 10.3 Å². The molecule has 6 nitrogen and oxygen atoms in total. The maximum absolute atomic E-state index is 13.6. The van der Waals surface area contributed by atoms with Gasteiger partial charge in [0.1, 0.15) is 12.4 Å². The average Bonchev–Trinajstić information content (AvgIpc) is 3.01. The Hall–Kier alpha value is -3.48. The molecular weight excluding hydrogens is 363 g/mol. The number of carbonyl (C=O) groups is 3. The number of halogens is 1. The number of Topliss-reactive ketones (excluding diaryl/α,β-unsaturated/α-hetero) is 1. The molecule has 1 amide bonds. The molecular formula is C21H19FN2O4. The number of benzene rings is 2. The number of hydrogen-bond donors (Lipinski definition) is 2. The smallest absolute Gasteiger partial charge is 0.326 e. The van der Waals surface area contributed by atoms with Gasteiger partial charge in [0.25, 0.3) is 5.91 Å². The van der Waals surface area contributed by atoms with E-state index in [1.165, 1.54) is 25.1 Å². The monoisotopic (exact) mass is 382 g/mol. The molecule has 0 bridgehead atoms. The molecule has 0 aliphatic heterocycles. The highest BCUT2D eigenvalue weighted by Gasteiger charge is 2.24. The molecule has 7 heteroatoms. The number of aromatic amines is 1. The first-order valence-corrected chi connectivity index (χ1v) is 8.72. The second kappa shape index (κ2) is 8.04. The summed E-state index contributed by atoms with van der Waals surface area (Å²) in [6.45, 7) is 2.77. The molecule has 144 valence electrons. The van der Waals surface area contributed by atoms with Crippen LogP contribution in [-0.4, -0.2) is 35.3 Å². The van der Waals surface area contributed by atoms with Crippen molar-refractivity contribution in [3.63, 3.8) is 0 Å². The van der Waals surface area contributed by atoms with Crippen LogP contribution < -0.4 is 5.32 Å². The highest BCUT2D eigenvalue weighted by atomic mass is 19.1. The van der Waals surface area contributed by atoms with Crippen LogP contribution in [0.1, 0.15) is 33.3 Å². The van der Waals surface area contributed by atoms with Crippen molar-refractivity contribution >= 4 is 28.6 Å². The molecule has 1 atom stereocenters. The van der Waals surface area contributed by atoms with Gasteiger partial charge in [0.2, 0.25) is 5.78 Å². The summed E-state index contributed by atoms with van der Waals surface area (Å²) in [7, 11) is 0. The van der Waals surface area contributed by atoms with Gasteiger partial charge < -0.3 is 15.0 Å². The number of carbonyl (C=O) groups excluding carboxylic acids is 3. The van der Waals surface area contributed by atoms with Crippen LogP contribution in [0.15, 0.2) is 48.5 Å². The average molecular weight is 382 g/mol. The molecule has 3 rings (SSSR count). The Kier molecular flexibility index (Phi) is 5.54. The van der Waals surface area contributed by atoms with Crippen molar-refractivity contribution in [2.24, 2.45) is 0 Å². The van der Waals surface area contributed by atoms with E-state index in [1.807, 2.05) is 24.3 Å². The van der Waals surface area contributed by atoms with E-state index in [4.69, 9.17) is 4.74 Å². The van der Waals surface area contributed by atoms with Crippen LogP contribution >= 0.6 is 0 Å². The number of amides is 1. The van der Waals surface area contributed by atoms with Gasteiger partial charge in [-0.3, -0.25) is 14.4 Å². The van der Waals surface area contributed by atoms with Gasteiger partial charge in [0.05, 0.1) is 5.56 Å². The Bertz CT molecular complexity index is 1060. The minimum atomic E-state index is -1.03. The summed E-state index contributed by atoms with van der Waals surface area (Å²) in [5, 5.41) is 3.04. The zero-order valence-corrected chi connectivity index (χ0v) is 15.4. The summed E-state index contributed by atoms with van der Waals surface area (Å²) in [6, 6.07) is 12.8. The van der Waals surface area contributed by atoms with Gasteiger partial charge in [-0.15, -0.1) is 0 Å². The number of esters is 1. The van der Waals surface area contributed by atoms with Gasteiger partial charge in [-0.25, -0.2) is 4.39 Å². The van der Waals surface area contributed by atoms with Crippen molar-refractivity contribution in [1.29, 1.82) is 0 Å². The lowest BCUT2D eigenvalue weighted by molar-refractivity contribution is -0.145. The van der Waals surface area contributed by atoms with Crippen molar-refractivity contribution in [2.45, 2.75) is 20.0 Å². The molecule has 0 saturated carbocycles. The van der Waals surface area contributed by atoms with Crippen molar-refractivity contribution in [3.05, 3.63) is 71.2 Å². The lowest BCUT2D eigenvalue weighted by Crippen LogP contribution is -2.34. The molecule has 0 saturated heterocycles. The molecule has 3 aromatic rings. The first kappa shape index (κ1) is 19.3. The molecule has 0 aliphatic rings. The number of ketones is 1. The van der Waals surface area contributed by atoms with E-state index < -0.39 is 30.3 Å². The molecule has 0 unspecified atom stereocenters. The Morgan fingerprint density at radius 3 is 2.54 bits per heavy atom. The largest absolute Gasteiger partial charge is 0.453 e. The van der Waals surface area contributed by atoms with E-state index in [1.54, 1.807) is 6.92 Å². The number of aromatic nitrogens is 1. The molecule has 28 heavy (non-hydrogen) atoms. The van der Waals surface area contributed by atoms with Gasteiger partial charge in [0, 0.05) is 22.2 Å². The number of fused-ring (bicyclic) bond motifs is 1. The fraction of sp³-hybridized carbons (Fsp3) is 0.190. The van der Waals surface area contributed by atoms with Crippen molar-refractivity contribution in [1.82, 2.24) is 10.3 Å². The molecule has 2 aromatic carbocycles. The third-order valence-electron chi connectivity index (χ3n) is 4.33. The summed E-state index contributed by atoms with van der Waals surface area (Å²) in [4.78, 5) is 39.8. The zero-order valence-electron chi connectivity index (χ0n) is 15.4. The van der Waals surface area contributed by atoms with Gasteiger partial charge in [-0.1, -0.05) is 30.3 Å². The molecule has 0 radical (unpaired) electrons. The summed E-state index contributed by atoms with van der Waals surface area (Å²) in [5.74, 6) is -2.56. The van der Waals surface area contributed by atoms with Crippen LogP contribution in [0, 0.1) is 12.7 Å². The van der Waals surface area contributed by atoms with Gasteiger partial charge >= 0.3 is 5.97 Å². The lowest BCUT2D eigenvalue weighted by Gasteiger charge is -2.13. The van der Waals surface area contributed by atoms with Gasteiger partial charge in [-0.2, -0.15) is 0 Å². The molecule has 0 aliphatic carbocycles. The van der Waals surface area contributed by atoms with Crippen LogP contribution in [-0.2, 0) is 9.53 Å². The van der Waals surface area contributed by atoms with Gasteiger partial charge in [-0.05, 0) is 32.0 Å². The highest BCUT2D eigenvalue weighted by molar-refractivity contribution is 6.11. The van der Waals surface area contributed by atoms with E-state index in [-0.39, 0.29) is 11.3 Å². The van der Waals surface area contributed by atoms with Crippen LogP contribution in [0.5, 0.6) is 0 Å². The third-order valence-corrected chi connectivity index (χ3v) is 4.33. The topological polar surface area (TPSA) is 88.3 Å². The number of hydrogen-bond acceptors (Lipinski definition) is 4. The number of nitrogens with one attached hydrogen (secondary N) is 2. The van der Waals surface area contributed by atoms with Crippen LogP contribution in [0.3, 0.4) is 0 Å². The molecule has 1 aromatic heterocycles. The number of H-pyrrole nitrogens is 1. The summed E-state index contributed by atoms with van der Waals surface area (Å²) in [5.41, 5.74) is 1.79. The fourth-order valence-corrected chi connectivity index (χ4v) is 2.98. The molecule has 0 fully saturated rings. The minimum Gasteiger partial charge on any atom is -0.453 e. The Balaban J connectivity index is 1.62. The highest BCUT2D eigenvalue weighted by Crippen LogP contribution is 2.23. The first-order chi connectivity index (χ1) is 13.4. The van der Waals surface area contributed by atoms with E-state index in [9.17, 15) is 18.8 Å². The minimum absolute atomic E-state index is 0.172. The molecule has 2 N–H and O–H groups in total. The lowest BCUT2D eigenvalue weighted by atomic mass is 10.0. The Labute approximate surface area is 160 Å². The van der Waals surface area contributed by atoms with E-state index in [0.717, 1.165) is 17.0 Å².